The number of thiophene rings is 1. The summed E-state index contributed by atoms with van der Waals surface area (Å²) < 4.78 is 7.30. The Morgan fingerprint density at radius 2 is 2.29 bits per heavy atom. The molecule has 1 aromatic heterocycles. The van der Waals surface area contributed by atoms with E-state index in [1.165, 1.54) is 15.6 Å². The molecule has 2 nitrogen and oxygen atoms in total. The highest BCUT2D eigenvalue weighted by Crippen LogP contribution is 2.40. The second kappa shape index (κ2) is 4.77. The molecule has 1 aromatic carbocycles. The van der Waals surface area contributed by atoms with E-state index < -0.39 is 0 Å². The second-order valence-corrected chi connectivity index (χ2v) is 5.50. The van der Waals surface area contributed by atoms with Gasteiger partial charge in [-0.1, -0.05) is 18.2 Å². The predicted octanol–water partition coefficient (Wildman–Crippen LogP) is 3.20. The molecule has 0 bridgehead atoms. The van der Waals surface area contributed by atoms with Gasteiger partial charge in [-0.2, -0.15) is 0 Å². The first kappa shape index (κ1) is 11.2. The van der Waals surface area contributed by atoms with Crippen LogP contribution in [0.2, 0.25) is 0 Å². The summed E-state index contributed by atoms with van der Waals surface area (Å²) in [6.45, 7) is 1.93. The van der Waals surface area contributed by atoms with Gasteiger partial charge in [0.05, 0.1) is 6.10 Å². The van der Waals surface area contributed by atoms with Crippen molar-refractivity contribution in [2.24, 2.45) is 5.92 Å². The number of benzene rings is 1. The molecular weight excluding hydrogens is 230 g/mol. The third-order valence-electron chi connectivity index (χ3n) is 3.50. The maximum absolute atomic E-state index is 5.94. The highest BCUT2D eigenvalue weighted by Gasteiger charge is 2.30. The summed E-state index contributed by atoms with van der Waals surface area (Å²) in [7, 11) is 2.01. The summed E-state index contributed by atoms with van der Waals surface area (Å²) in [6, 6.07) is 8.61. The second-order valence-electron chi connectivity index (χ2n) is 4.59. The molecule has 2 heterocycles. The van der Waals surface area contributed by atoms with E-state index in [4.69, 9.17) is 4.74 Å². The SMILES string of the molecule is CNCC1CCOC1c1csc2ccccc12. The minimum absolute atomic E-state index is 0.276. The molecule has 17 heavy (non-hydrogen) atoms. The maximum Gasteiger partial charge on any atom is 0.0880 e. The lowest BCUT2D eigenvalue weighted by Crippen LogP contribution is -2.21. The van der Waals surface area contributed by atoms with Crippen LogP contribution in [0, 0.1) is 5.92 Å². The highest BCUT2D eigenvalue weighted by molar-refractivity contribution is 7.17. The van der Waals surface area contributed by atoms with Crippen molar-refractivity contribution in [2.75, 3.05) is 20.2 Å². The summed E-state index contributed by atoms with van der Waals surface area (Å²) >= 11 is 1.82. The normalized spacial score (nSPS) is 24.5. The Hall–Kier alpha value is -0.900. The molecule has 1 saturated heterocycles. The molecule has 2 atom stereocenters. The van der Waals surface area contributed by atoms with Gasteiger partial charge < -0.3 is 10.1 Å². The van der Waals surface area contributed by atoms with Crippen LogP contribution in [0.3, 0.4) is 0 Å². The fraction of sp³-hybridized carbons (Fsp3) is 0.429. The van der Waals surface area contributed by atoms with Crippen LogP contribution in [-0.4, -0.2) is 20.2 Å². The molecule has 0 aliphatic carbocycles. The van der Waals surface area contributed by atoms with Gasteiger partial charge in [-0.15, -0.1) is 11.3 Å². The van der Waals surface area contributed by atoms with Crippen molar-refractivity contribution in [1.82, 2.24) is 5.32 Å². The van der Waals surface area contributed by atoms with Crippen LogP contribution in [0.4, 0.5) is 0 Å². The average Bonchev–Trinajstić information content (AvgIpc) is 2.95. The van der Waals surface area contributed by atoms with Crippen molar-refractivity contribution in [3.63, 3.8) is 0 Å². The zero-order chi connectivity index (χ0) is 11.7. The van der Waals surface area contributed by atoms with Gasteiger partial charge in [0.1, 0.15) is 0 Å². The monoisotopic (exact) mass is 247 g/mol. The van der Waals surface area contributed by atoms with Crippen molar-refractivity contribution in [1.29, 1.82) is 0 Å². The molecule has 90 valence electrons. The van der Waals surface area contributed by atoms with Gasteiger partial charge >= 0.3 is 0 Å². The Labute approximate surface area is 106 Å². The minimum Gasteiger partial charge on any atom is -0.373 e. The molecule has 2 aromatic rings. The van der Waals surface area contributed by atoms with Crippen LogP contribution in [-0.2, 0) is 4.74 Å². The molecule has 0 radical (unpaired) electrons. The highest BCUT2D eigenvalue weighted by atomic mass is 32.1. The summed E-state index contributed by atoms with van der Waals surface area (Å²) in [6.07, 6.45) is 1.44. The van der Waals surface area contributed by atoms with Gasteiger partial charge in [-0.25, -0.2) is 0 Å². The lowest BCUT2D eigenvalue weighted by molar-refractivity contribution is 0.0924. The first-order valence-electron chi connectivity index (χ1n) is 6.12. The molecular formula is C14H17NOS. The smallest absolute Gasteiger partial charge is 0.0880 e. The van der Waals surface area contributed by atoms with Gasteiger partial charge in [-0.05, 0) is 35.9 Å². The van der Waals surface area contributed by atoms with Gasteiger partial charge in [0, 0.05) is 23.8 Å². The molecule has 1 aliphatic heterocycles. The fourth-order valence-electron chi connectivity index (χ4n) is 2.67. The van der Waals surface area contributed by atoms with Crippen molar-refractivity contribution in [2.45, 2.75) is 12.5 Å². The predicted molar refractivity (Wildman–Crippen MR) is 72.6 cm³/mol. The van der Waals surface area contributed by atoms with Crippen molar-refractivity contribution < 1.29 is 4.74 Å². The number of nitrogens with one attached hydrogen (secondary N) is 1. The molecule has 0 spiro atoms. The number of hydrogen-bond donors (Lipinski definition) is 1. The Balaban J connectivity index is 1.97. The molecule has 1 N–H and O–H groups in total. The zero-order valence-electron chi connectivity index (χ0n) is 9.98. The lowest BCUT2D eigenvalue weighted by atomic mass is 9.95. The summed E-state index contributed by atoms with van der Waals surface area (Å²) in [5.74, 6) is 0.609. The number of rotatable bonds is 3. The zero-order valence-corrected chi connectivity index (χ0v) is 10.8. The van der Waals surface area contributed by atoms with E-state index in [0.717, 1.165) is 19.6 Å². The quantitative estimate of drug-likeness (QED) is 0.899. The molecule has 3 rings (SSSR count). The Bertz CT molecular complexity index is 508. The van der Waals surface area contributed by atoms with E-state index >= 15 is 0 Å². The van der Waals surface area contributed by atoms with E-state index in [2.05, 4.69) is 35.0 Å². The third kappa shape index (κ3) is 1.99. The minimum atomic E-state index is 0.276. The van der Waals surface area contributed by atoms with E-state index in [1.807, 2.05) is 18.4 Å². The first-order chi connectivity index (χ1) is 8.40. The molecule has 1 fully saturated rings. The van der Waals surface area contributed by atoms with E-state index in [0.29, 0.717) is 5.92 Å². The van der Waals surface area contributed by atoms with E-state index in [1.54, 1.807) is 0 Å². The number of hydrogen-bond acceptors (Lipinski definition) is 3. The first-order valence-corrected chi connectivity index (χ1v) is 7.00. The van der Waals surface area contributed by atoms with Crippen molar-refractivity contribution in [3.8, 4) is 0 Å². The number of fused-ring (bicyclic) bond motifs is 1. The molecule has 1 aliphatic rings. The topological polar surface area (TPSA) is 21.3 Å². The number of ether oxygens (including phenoxy) is 1. The molecule has 0 amide bonds. The summed E-state index contributed by atoms with van der Waals surface area (Å²) in [4.78, 5) is 0. The van der Waals surface area contributed by atoms with Gasteiger partial charge in [0.15, 0.2) is 0 Å². The van der Waals surface area contributed by atoms with E-state index in [-0.39, 0.29) is 6.10 Å². The van der Waals surface area contributed by atoms with Crippen LogP contribution in [0.5, 0.6) is 0 Å². The van der Waals surface area contributed by atoms with Crippen LogP contribution in [0.25, 0.3) is 10.1 Å². The van der Waals surface area contributed by atoms with E-state index in [9.17, 15) is 0 Å². The van der Waals surface area contributed by atoms with Gasteiger partial charge in [0.2, 0.25) is 0 Å². The van der Waals surface area contributed by atoms with Crippen LogP contribution < -0.4 is 5.32 Å². The lowest BCUT2D eigenvalue weighted by Gasteiger charge is -2.17. The van der Waals surface area contributed by atoms with Crippen LogP contribution in [0.15, 0.2) is 29.6 Å². The third-order valence-corrected chi connectivity index (χ3v) is 4.48. The Morgan fingerprint density at radius 3 is 3.18 bits per heavy atom. The van der Waals surface area contributed by atoms with Crippen molar-refractivity contribution in [3.05, 3.63) is 35.2 Å². The van der Waals surface area contributed by atoms with Crippen LogP contribution >= 0.6 is 11.3 Å². The van der Waals surface area contributed by atoms with Crippen molar-refractivity contribution >= 4 is 21.4 Å². The summed E-state index contributed by atoms with van der Waals surface area (Å²) in [5, 5.41) is 6.91. The maximum atomic E-state index is 5.94. The molecule has 2 unspecified atom stereocenters. The van der Waals surface area contributed by atoms with Crippen LogP contribution in [0.1, 0.15) is 18.1 Å². The average molecular weight is 247 g/mol. The Kier molecular flexibility index (Phi) is 3.14. The molecule has 0 saturated carbocycles. The fourth-order valence-corrected chi connectivity index (χ4v) is 3.65. The van der Waals surface area contributed by atoms with Gasteiger partial charge in [-0.3, -0.25) is 0 Å². The molecule has 3 heteroatoms. The largest absolute Gasteiger partial charge is 0.373 e. The van der Waals surface area contributed by atoms with Gasteiger partial charge in [0.25, 0.3) is 0 Å². The standard InChI is InChI=1S/C14H17NOS/c1-15-8-10-6-7-16-14(10)12-9-17-13-5-3-2-4-11(12)13/h2-5,9-10,14-15H,6-8H2,1H3. The Morgan fingerprint density at radius 1 is 1.41 bits per heavy atom. The summed E-state index contributed by atoms with van der Waals surface area (Å²) in [5.41, 5.74) is 1.38.